The highest BCUT2D eigenvalue weighted by Gasteiger charge is 2.89. The minimum absolute atomic E-state index is 0.0455. The van der Waals surface area contributed by atoms with Crippen LogP contribution in [0.5, 0.6) is 5.75 Å². The van der Waals surface area contributed by atoms with E-state index in [1.54, 1.807) is 0 Å². The number of fused-ring (bicyclic) bond motifs is 1. The van der Waals surface area contributed by atoms with Crippen molar-refractivity contribution in [1.82, 2.24) is 0 Å². The van der Waals surface area contributed by atoms with Crippen LogP contribution in [0.4, 0.5) is 0 Å². The molecule has 1 spiro atoms. The van der Waals surface area contributed by atoms with Crippen LogP contribution >= 0.6 is 0 Å². The Morgan fingerprint density at radius 3 is 2.22 bits per heavy atom. The summed E-state index contributed by atoms with van der Waals surface area (Å²) in [6.45, 7) is 9.49. The molecular weight excluding hydrogens is 452 g/mol. The highest BCUT2D eigenvalue weighted by atomic mass is 16.7. The van der Waals surface area contributed by atoms with E-state index in [9.17, 15) is 0 Å². The Bertz CT molecular complexity index is 936. The standard InChI is InChI=1S/C35H52O2/c1-5-23(4)32(17-22(2)3)25-13-15-29(16-14-25)36-33(31-12-8-10-24-9-6-7-11-30(24)31)37-34-20-27-18-26-19-28(21-34)35(26,27)34/h13-16,22-24,26-28,30-33H,5-12,17-21H2,1-4H3. The third kappa shape index (κ3) is 3.66. The summed E-state index contributed by atoms with van der Waals surface area (Å²) in [5.41, 5.74) is 2.26. The molecule has 1 aromatic carbocycles. The topological polar surface area (TPSA) is 18.5 Å². The quantitative estimate of drug-likeness (QED) is 0.295. The fourth-order valence-corrected chi connectivity index (χ4v) is 11.2. The molecule has 2 heteroatoms. The second-order valence-electron chi connectivity index (χ2n) is 15.0. The van der Waals surface area contributed by atoms with Crippen molar-refractivity contribution in [2.45, 2.75) is 129 Å². The molecule has 2 nitrogen and oxygen atoms in total. The van der Waals surface area contributed by atoms with Crippen LogP contribution in [0.1, 0.15) is 123 Å². The molecule has 0 heterocycles. The summed E-state index contributed by atoms with van der Waals surface area (Å²) >= 11 is 0. The van der Waals surface area contributed by atoms with Crippen molar-refractivity contribution < 1.29 is 9.47 Å². The van der Waals surface area contributed by atoms with Gasteiger partial charge in [0.05, 0.1) is 5.60 Å². The smallest absolute Gasteiger partial charge is 0.203 e. The van der Waals surface area contributed by atoms with Gasteiger partial charge in [-0.15, -0.1) is 0 Å². The normalized spacial score (nSPS) is 43.5. The van der Waals surface area contributed by atoms with Gasteiger partial charge in [0.2, 0.25) is 6.29 Å². The maximum Gasteiger partial charge on any atom is 0.203 e. The molecular formula is C35H52O2. The SMILES string of the molecule is CCC(C)C(CC(C)C)c1ccc(OC(OC23CC4CC5CC(C2)C543)C2CCCC3CCCCC32)cc1. The molecule has 8 unspecified atom stereocenters. The van der Waals surface area contributed by atoms with Gasteiger partial charge in [0.15, 0.2) is 0 Å². The van der Waals surface area contributed by atoms with Crippen molar-refractivity contribution in [3.63, 3.8) is 0 Å². The lowest BCUT2D eigenvalue weighted by Gasteiger charge is -2.90. The summed E-state index contributed by atoms with van der Waals surface area (Å²) in [6.07, 6.45) is 17.9. The van der Waals surface area contributed by atoms with Gasteiger partial charge in [0, 0.05) is 11.3 Å². The lowest BCUT2D eigenvalue weighted by molar-refractivity contribution is -0.478. The first-order valence-electron chi connectivity index (χ1n) is 16.4. The second-order valence-corrected chi connectivity index (χ2v) is 15.0. The second kappa shape index (κ2) is 9.28. The van der Waals surface area contributed by atoms with Crippen LogP contribution in [-0.2, 0) is 4.74 Å². The number of hydrogen-bond acceptors (Lipinski definition) is 2. The van der Waals surface area contributed by atoms with E-state index in [2.05, 4.69) is 52.0 Å². The maximum absolute atomic E-state index is 7.35. The lowest BCUT2D eigenvalue weighted by Crippen LogP contribution is -2.90. The summed E-state index contributed by atoms with van der Waals surface area (Å²) in [5, 5.41) is 0. The molecule has 7 rings (SSSR count). The van der Waals surface area contributed by atoms with Gasteiger partial charge >= 0.3 is 0 Å². The van der Waals surface area contributed by atoms with Crippen molar-refractivity contribution in [1.29, 1.82) is 0 Å². The van der Waals surface area contributed by atoms with Crippen molar-refractivity contribution >= 4 is 0 Å². The van der Waals surface area contributed by atoms with Crippen molar-refractivity contribution in [2.24, 2.45) is 52.8 Å². The van der Waals surface area contributed by atoms with E-state index in [0.29, 0.717) is 23.2 Å². The van der Waals surface area contributed by atoms with Gasteiger partial charge in [-0.2, -0.15) is 0 Å². The zero-order valence-electron chi connectivity index (χ0n) is 24.1. The van der Waals surface area contributed by atoms with E-state index in [-0.39, 0.29) is 11.9 Å². The van der Waals surface area contributed by atoms with Crippen molar-refractivity contribution in [2.75, 3.05) is 0 Å². The Morgan fingerprint density at radius 2 is 1.57 bits per heavy atom. The number of hydrogen-bond donors (Lipinski definition) is 0. The minimum atomic E-state index is -0.0455. The fourth-order valence-electron chi connectivity index (χ4n) is 11.2. The summed E-state index contributed by atoms with van der Waals surface area (Å²) < 4.78 is 14.3. The molecule has 6 saturated carbocycles. The van der Waals surface area contributed by atoms with E-state index < -0.39 is 0 Å². The Labute approximate surface area is 226 Å². The van der Waals surface area contributed by atoms with Crippen LogP contribution < -0.4 is 4.74 Å². The molecule has 0 saturated heterocycles. The van der Waals surface area contributed by atoms with Gasteiger partial charge < -0.3 is 9.47 Å². The first-order chi connectivity index (χ1) is 17.9. The largest absolute Gasteiger partial charge is 0.465 e. The van der Waals surface area contributed by atoms with Crippen molar-refractivity contribution in [3.05, 3.63) is 29.8 Å². The molecule has 8 atom stereocenters. The molecule has 0 bridgehead atoms. The average Bonchev–Trinajstić information content (AvgIpc) is 2.86. The molecule has 6 fully saturated rings. The molecule has 0 N–H and O–H groups in total. The van der Waals surface area contributed by atoms with E-state index in [1.807, 2.05) is 0 Å². The van der Waals surface area contributed by atoms with Crippen LogP contribution in [0.15, 0.2) is 24.3 Å². The summed E-state index contributed by atoms with van der Waals surface area (Å²) in [4.78, 5) is 0. The van der Waals surface area contributed by atoms with E-state index in [1.165, 1.54) is 89.0 Å². The van der Waals surface area contributed by atoms with Crippen LogP contribution in [-0.4, -0.2) is 11.9 Å². The number of benzene rings is 1. The fraction of sp³-hybridized carbons (Fsp3) is 0.829. The van der Waals surface area contributed by atoms with Crippen LogP contribution in [0, 0.1) is 52.8 Å². The van der Waals surface area contributed by atoms with Crippen molar-refractivity contribution in [3.8, 4) is 5.75 Å². The van der Waals surface area contributed by atoms with Gasteiger partial charge in [0.1, 0.15) is 5.75 Å². The first-order valence-corrected chi connectivity index (χ1v) is 16.4. The Balaban J connectivity index is 1.12. The molecule has 37 heavy (non-hydrogen) atoms. The van der Waals surface area contributed by atoms with E-state index >= 15 is 0 Å². The van der Waals surface area contributed by atoms with Gasteiger partial charge in [-0.3, -0.25) is 0 Å². The molecule has 6 aliphatic rings. The molecule has 204 valence electrons. The maximum atomic E-state index is 7.35. The minimum Gasteiger partial charge on any atom is -0.465 e. The predicted molar refractivity (Wildman–Crippen MR) is 150 cm³/mol. The Hall–Kier alpha value is -1.02. The van der Waals surface area contributed by atoms with Crippen LogP contribution in [0.2, 0.25) is 0 Å². The zero-order valence-corrected chi connectivity index (χ0v) is 24.1. The van der Waals surface area contributed by atoms with Gasteiger partial charge in [0.25, 0.3) is 0 Å². The molecule has 0 aliphatic heterocycles. The Kier molecular flexibility index (Phi) is 6.26. The summed E-state index contributed by atoms with van der Waals surface area (Å²) in [5.74, 6) is 8.37. The zero-order chi connectivity index (χ0) is 25.4. The van der Waals surface area contributed by atoms with Gasteiger partial charge in [-0.25, -0.2) is 0 Å². The molecule has 0 amide bonds. The highest BCUT2D eigenvalue weighted by molar-refractivity contribution is 5.38. The Morgan fingerprint density at radius 1 is 0.865 bits per heavy atom. The first kappa shape index (κ1) is 25.0. The third-order valence-electron chi connectivity index (χ3n) is 13.0. The monoisotopic (exact) mass is 504 g/mol. The third-order valence-corrected chi connectivity index (χ3v) is 13.0. The summed E-state index contributed by atoms with van der Waals surface area (Å²) in [6, 6.07) is 9.31. The number of rotatable bonds is 10. The molecule has 0 aromatic heterocycles. The van der Waals surface area contributed by atoms with Gasteiger partial charge in [-0.1, -0.05) is 78.4 Å². The highest BCUT2D eigenvalue weighted by Crippen LogP contribution is 2.90. The predicted octanol–water partition coefficient (Wildman–Crippen LogP) is 9.38. The lowest BCUT2D eigenvalue weighted by atomic mass is 9.16. The van der Waals surface area contributed by atoms with Gasteiger partial charge in [-0.05, 0) is 110 Å². The van der Waals surface area contributed by atoms with Crippen LogP contribution in [0.3, 0.4) is 0 Å². The average molecular weight is 505 g/mol. The van der Waals surface area contributed by atoms with E-state index in [0.717, 1.165) is 41.3 Å². The molecule has 6 aliphatic carbocycles. The molecule has 1 aromatic rings. The molecule has 0 radical (unpaired) electrons. The number of ether oxygens (including phenoxy) is 2. The summed E-state index contributed by atoms with van der Waals surface area (Å²) in [7, 11) is 0. The van der Waals surface area contributed by atoms with E-state index in [4.69, 9.17) is 9.47 Å². The van der Waals surface area contributed by atoms with Crippen LogP contribution in [0.25, 0.3) is 0 Å².